The highest BCUT2D eigenvalue weighted by molar-refractivity contribution is 9.10. The van der Waals surface area contributed by atoms with E-state index in [0.29, 0.717) is 5.56 Å². The molecule has 0 spiro atoms. The van der Waals surface area contributed by atoms with Crippen LogP contribution in [0.5, 0.6) is 0 Å². The normalized spacial score (nSPS) is 11.0. The Bertz CT molecular complexity index is 845. The molecule has 0 saturated carbocycles. The summed E-state index contributed by atoms with van der Waals surface area (Å²) in [6, 6.07) is 10.1. The minimum Gasteiger partial charge on any atom is -0.278 e. The zero-order chi connectivity index (χ0) is 15.6. The molecule has 0 aliphatic rings. The lowest BCUT2D eigenvalue weighted by atomic mass is 10.1. The van der Waals surface area contributed by atoms with Gasteiger partial charge in [0.05, 0.1) is 11.3 Å². The molecule has 0 saturated heterocycles. The van der Waals surface area contributed by atoms with Gasteiger partial charge >= 0.3 is 0 Å². The molecule has 0 radical (unpaired) electrons. The van der Waals surface area contributed by atoms with Gasteiger partial charge in [-0.25, -0.2) is 12.8 Å². The minimum atomic E-state index is -3.92. The van der Waals surface area contributed by atoms with Crippen LogP contribution in [-0.2, 0) is 10.0 Å². The molecule has 0 unspecified atom stereocenters. The van der Waals surface area contributed by atoms with Gasteiger partial charge in [-0.1, -0.05) is 12.1 Å². The van der Waals surface area contributed by atoms with Gasteiger partial charge in [-0.2, -0.15) is 5.26 Å². The first-order valence-electron chi connectivity index (χ1n) is 5.83. The van der Waals surface area contributed by atoms with Crippen molar-refractivity contribution in [1.29, 1.82) is 5.26 Å². The molecular weight excluding hydrogens is 359 g/mol. The summed E-state index contributed by atoms with van der Waals surface area (Å²) in [5.74, 6) is -0.547. The molecule has 2 rings (SSSR count). The molecule has 0 aliphatic carbocycles. The Morgan fingerprint density at radius 3 is 2.62 bits per heavy atom. The summed E-state index contributed by atoms with van der Waals surface area (Å²) in [4.78, 5) is -0.103. The predicted molar refractivity (Wildman–Crippen MR) is 80.8 cm³/mol. The fourth-order valence-electron chi connectivity index (χ4n) is 1.79. The first kappa shape index (κ1) is 15.5. The second-order valence-corrected chi connectivity index (χ2v) is 6.79. The highest BCUT2D eigenvalue weighted by atomic mass is 79.9. The number of anilines is 1. The molecule has 108 valence electrons. The molecule has 4 nitrogen and oxygen atoms in total. The molecule has 7 heteroatoms. The Labute approximate surface area is 130 Å². The van der Waals surface area contributed by atoms with Crippen LogP contribution in [0.25, 0.3) is 0 Å². The number of sulfonamides is 1. The maximum absolute atomic E-state index is 13.0. The number of nitriles is 1. The Morgan fingerprint density at radius 1 is 1.29 bits per heavy atom. The van der Waals surface area contributed by atoms with Gasteiger partial charge in [0.25, 0.3) is 10.0 Å². The van der Waals surface area contributed by atoms with E-state index in [1.165, 1.54) is 6.07 Å². The van der Waals surface area contributed by atoms with Gasteiger partial charge in [-0.15, -0.1) is 0 Å². The second kappa shape index (κ2) is 5.84. The Hall–Kier alpha value is -1.91. The molecule has 1 N–H and O–H groups in total. The van der Waals surface area contributed by atoms with E-state index in [0.717, 1.165) is 18.2 Å². The number of hydrogen-bond acceptors (Lipinski definition) is 3. The fraction of sp³-hybridized carbons (Fsp3) is 0.0714. The summed E-state index contributed by atoms with van der Waals surface area (Å²) in [7, 11) is -3.92. The van der Waals surface area contributed by atoms with Crippen molar-refractivity contribution in [2.75, 3.05) is 4.72 Å². The van der Waals surface area contributed by atoms with Crippen LogP contribution in [0.15, 0.2) is 45.8 Å². The molecule has 0 atom stereocenters. The largest absolute Gasteiger partial charge is 0.278 e. The van der Waals surface area contributed by atoms with E-state index in [2.05, 4.69) is 20.7 Å². The van der Waals surface area contributed by atoms with Gasteiger partial charge in [0.15, 0.2) is 0 Å². The average Bonchev–Trinajstić information content (AvgIpc) is 2.38. The van der Waals surface area contributed by atoms with Crippen LogP contribution in [0.1, 0.15) is 11.1 Å². The number of hydrogen-bond donors (Lipinski definition) is 1. The van der Waals surface area contributed by atoms with E-state index in [1.807, 2.05) is 6.07 Å². The van der Waals surface area contributed by atoms with E-state index >= 15 is 0 Å². The number of benzene rings is 2. The van der Waals surface area contributed by atoms with Crippen LogP contribution < -0.4 is 4.72 Å². The SMILES string of the molecule is Cc1cccc(NS(=O)(=O)c2ccc(F)cc2Br)c1C#N. The summed E-state index contributed by atoms with van der Waals surface area (Å²) < 4.78 is 40.2. The summed E-state index contributed by atoms with van der Waals surface area (Å²) >= 11 is 3.02. The summed E-state index contributed by atoms with van der Waals surface area (Å²) in [6.07, 6.45) is 0. The summed E-state index contributed by atoms with van der Waals surface area (Å²) in [5.41, 5.74) is 1.10. The molecule has 0 fully saturated rings. The van der Waals surface area contributed by atoms with E-state index in [-0.39, 0.29) is 20.6 Å². The number of halogens is 2. The highest BCUT2D eigenvalue weighted by Gasteiger charge is 2.20. The van der Waals surface area contributed by atoms with Crippen LogP contribution in [-0.4, -0.2) is 8.42 Å². The van der Waals surface area contributed by atoms with Crippen LogP contribution in [0, 0.1) is 24.1 Å². The lowest BCUT2D eigenvalue weighted by Gasteiger charge is -2.12. The molecule has 2 aromatic rings. The molecule has 21 heavy (non-hydrogen) atoms. The lowest BCUT2D eigenvalue weighted by Crippen LogP contribution is -2.14. The fourth-order valence-corrected chi connectivity index (χ4v) is 3.92. The maximum Gasteiger partial charge on any atom is 0.263 e. The van der Waals surface area contributed by atoms with E-state index < -0.39 is 15.8 Å². The highest BCUT2D eigenvalue weighted by Crippen LogP contribution is 2.27. The molecule has 0 aromatic heterocycles. The second-order valence-electron chi connectivity index (χ2n) is 4.29. The Kier molecular flexibility index (Phi) is 4.30. The number of nitrogens with zero attached hydrogens (tertiary/aromatic N) is 1. The van der Waals surface area contributed by atoms with E-state index in [9.17, 15) is 12.8 Å². The van der Waals surface area contributed by atoms with Gasteiger partial charge in [-0.05, 0) is 52.7 Å². The Morgan fingerprint density at radius 2 is 2.00 bits per heavy atom. The van der Waals surface area contributed by atoms with Crippen LogP contribution in [0.2, 0.25) is 0 Å². The van der Waals surface area contributed by atoms with Crippen molar-refractivity contribution in [2.45, 2.75) is 11.8 Å². The smallest absolute Gasteiger partial charge is 0.263 e. The average molecular weight is 369 g/mol. The van der Waals surface area contributed by atoms with E-state index in [1.54, 1.807) is 19.1 Å². The number of rotatable bonds is 3. The number of nitrogens with one attached hydrogen (secondary N) is 1. The summed E-state index contributed by atoms with van der Waals surface area (Å²) in [5, 5.41) is 9.11. The van der Waals surface area contributed by atoms with Crippen LogP contribution >= 0.6 is 15.9 Å². The first-order valence-corrected chi connectivity index (χ1v) is 8.10. The van der Waals surface area contributed by atoms with Gasteiger partial charge in [0.2, 0.25) is 0 Å². The van der Waals surface area contributed by atoms with E-state index in [4.69, 9.17) is 5.26 Å². The monoisotopic (exact) mass is 368 g/mol. The predicted octanol–water partition coefficient (Wildman–Crippen LogP) is 3.57. The van der Waals surface area contributed by atoms with Gasteiger partial charge in [0.1, 0.15) is 16.8 Å². The molecule has 0 bridgehead atoms. The van der Waals surface area contributed by atoms with Crippen molar-refractivity contribution in [2.24, 2.45) is 0 Å². The third kappa shape index (κ3) is 3.23. The Balaban J connectivity index is 2.48. The van der Waals surface area contributed by atoms with Crippen molar-refractivity contribution in [3.63, 3.8) is 0 Å². The maximum atomic E-state index is 13.0. The standard InChI is InChI=1S/C14H10BrFN2O2S/c1-9-3-2-4-13(11(9)8-17)18-21(19,20)14-6-5-10(16)7-12(14)15/h2-7,18H,1H3. The van der Waals surface area contributed by atoms with Crippen molar-refractivity contribution in [3.8, 4) is 6.07 Å². The first-order chi connectivity index (χ1) is 9.85. The van der Waals surface area contributed by atoms with Gasteiger partial charge in [0, 0.05) is 4.47 Å². The van der Waals surface area contributed by atoms with Crippen LogP contribution in [0.3, 0.4) is 0 Å². The van der Waals surface area contributed by atoms with Crippen molar-refractivity contribution >= 4 is 31.6 Å². The summed E-state index contributed by atoms with van der Waals surface area (Å²) in [6.45, 7) is 1.71. The molecule has 2 aromatic carbocycles. The van der Waals surface area contributed by atoms with Crippen molar-refractivity contribution < 1.29 is 12.8 Å². The molecular formula is C14H10BrFN2O2S. The zero-order valence-electron chi connectivity index (χ0n) is 10.9. The van der Waals surface area contributed by atoms with Gasteiger partial charge < -0.3 is 0 Å². The lowest BCUT2D eigenvalue weighted by molar-refractivity contribution is 0.599. The number of aryl methyl sites for hydroxylation is 1. The minimum absolute atomic E-state index is 0.103. The van der Waals surface area contributed by atoms with Gasteiger partial charge in [-0.3, -0.25) is 4.72 Å². The molecule has 0 aliphatic heterocycles. The van der Waals surface area contributed by atoms with Crippen molar-refractivity contribution in [3.05, 3.63) is 57.8 Å². The van der Waals surface area contributed by atoms with Crippen LogP contribution in [0.4, 0.5) is 10.1 Å². The molecule has 0 amide bonds. The quantitative estimate of drug-likeness (QED) is 0.899. The molecule has 0 heterocycles. The zero-order valence-corrected chi connectivity index (χ0v) is 13.3. The third-order valence-electron chi connectivity index (χ3n) is 2.81. The third-order valence-corrected chi connectivity index (χ3v) is 5.15. The topological polar surface area (TPSA) is 70.0 Å². The van der Waals surface area contributed by atoms with Crippen molar-refractivity contribution in [1.82, 2.24) is 0 Å².